The number of benzene rings is 2. The lowest BCUT2D eigenvalue weighted by atomic mass is 10.0. The molecule has 0 aromatic heterocycles. The first kappa shape index (κ1) is 14.5. The molecule has 1 aliphatic heterocycles. The summed E-state index contributed by atoms with van der Waals surface area (Å²) in [5.41, 5.74) is 0.858. The molecule has 0 radical (unpaired) electrons. The maximum Gasteiger partial charge on any atom is 0.258 e. The van der Waals surface area contributed by atoms with Crippen LogP contribution in [0.1, 0.15) is 5.56 Å². The van der Waals surface area contributed by atoms with Gasteiger partial charge in [-0.15, -0.1) is 0 Å². The molecule has 0 fully saturated rings. The van der Waals surface area contributed by atoms with Gasteiger partial charge in [-0.3, -0.25) is 4.79 Å². The Morgan fingerprint density at radius 1 is 1.14 bits per heavy atom. The van der Waals surface area contributed by atoms with Crippen molar-refractivity contribution in [3.05, 3.63) is 64.9 Å². The summed E-state index contributed by atoms with van der Waals surface area (Å²) in [5.74, 6) is 0.954. The fourth-order valence-corrected chi connectivity index (χ4v) is 2.48. The Morgan fingerprint density at radius 3 is 2.45 bits per heavy atom. The maximum atomic E-state index is 12.2. The van der Waals surface area contributed by atoms with Crippen LogP contribution in [0, 0.1) is 0 Å². The van der Waals surface area contributed by atoms with Crippen molar-refractivity contribution in [3.8, 4) is 11.5 Å². The van der Waals surface area contributed by atoms with Crippen LogP contribution < -0.4 is 4.74 Å². The molecule has 0 atom stereocenters. The number of hydrogen-bond acceptors (Lipinski definition) is 3. The number of carbonyl (C=O) groups excluding carboxylic acids is 1. The lowest BCUT2D eigenvalue weighted by Crippen LogP contribution is -2.21. The highest BCUT2D eigenvalue weighted by Crippen LogP contribution is 2.35. The van der Waals surface area contributed by atoms with Crippen LogP contribution in [-0.2, 0) is 4.79 Å². The van der Waals surface area contributed by atoms with Gasteiger partial charge in [0, 0.05) is 17.6 Å². The summed E-state index contributed by atoms with van der Waals surface area (Å²) < 4.78 is 5.83. The summed E-state index contributed by atoms with van der Waals surface area (Å²) in [4.78, 5) is 13.7. The number of nitrogens with zero attached hydrogens (tertiary/aromatic N) is 1. The summed E-state index contributed by atoms with van der Waals surface area (Å²) in [6, 6.07) is 14.1. The number of aliphatic hydroxyl groups excluding tert-OH is 1. The molecule has 3 rings (SSSR count). The maximum absolute atomic E-state index is 12.2. The van der Waals surface area contributed by atoms with Gasteiger partial charge in [-0.2, -0.15) is 0 Å². The van der Waals surface area contributed by atoms with E-state index in [-0.39, 0.29) is 23.8 Å². The molecular formula is C17H14ClNO3. The van der Waals surface area contributed by atoms with Crippen LogP contribution in [0.4, 0.5) is 0 Å². The second kappa shape index (κ2) is 5.73. The highest BCUT2D eigenvalue weighted by Gasteiger charge is 2.30. The first-order valence-electron chi connectivity index (χ1n) is 6.76. The fourth-order valence-electron chi connectivity index (χ4n) is 2.35. The van der Waals surface area contributed by atoms with E-state index >= 15 is 0 Å². The van der Waals surface area contributed by atoms with Crippen LogP contribution >= 0.6 is 11.6 Å². The van der Waals surface area contributed by atoms with Crippen molar-refractivity contribution >= 4 is 23.1 Å². The minimum atomic E-state index is -0.218. The van der Waals surface area contributed by atoms with Gasteiger partial charge in [-0.25, -0.2) is 0 Å². The van der Waals surface area contributed by atoms with E-state index in [1.807, 2.05) is 6.07 Å². The van der Waals surface area contributed by atoms with Crippen molar-refractivity contribution < 1.29 is 14.6 Å². The second-order valence-electron chi connectivity index (χ2n) is 5.04. The standard InChI is InChI=1S/C17H14ClNO3/c1-19-10-14(20)16(17(19)21)13-4-2-3-5-15(13)22-12-8-6-11(18)7-9-12/h2-9,20H,10H2,1H3. The van der Waals surface area contributed by atoms with E-state index in [1.165, 1.54) is 4.90 Å². The van der Waals surface area contributed by atoms with E-state index in [0.717, 1.165) is 0 Å². The van der Waals surface area contributed by atoms with Crippen LogP contribution in [0.3, 0.4) is 0 Å². The van der Waals surface area contributed by atoms with Gasteiger partial charge >= 0.3 is 0 Å². The SMILES string of the molecule is CN1CC(O)=C(c2ccccc2Oc2ccc(Cl)cc2)C1=O. The second-order valence-corrected chi connectivity index (χ2v) is 5.47. The number of likely N-dealkylation sites (N-methyl/N-ethyl adjacent to an activating group) is 1. The number of ether oxygens (including phenoxy) is 1. The molecule has 1 heterocycles. The van der Waals surface area contributed by atoms with Crippen molar-refractivity contribution in [1.82, 2.24) is 4.90 Å². The quantitative estimate of drug-likeness (QED) is 0.935. The summed E-state index contributed by atoms with van der Waals surface area (Å²) in [7, 11) is 1.65. The topological polar surface area (TPSA) is 49.8 Å². The Balaban J connectivity index is 1.99. The van der Waals surface area contributed by atoms with Gasteiger partial charge in [0.2, 0.25) is 0 Å². The van der Waals surface area contributed by atoms with E-state index in [4.69, 9.17) is 16.3 Å². The zero-order chi connectivity index (χ0) is 15.7. The van der Waals surface area contributed by atoms with Crippen molar-refractivity contribution in [3.63, 3.8) is 0 Å². The molecule has 4 nitrogen and oxygen atoms in total. The van der Waals surface area contributed by atoms with E-state index in [0.29, 0.717) is 22.1 Å². The molecule has 0 bridgehead atoms. The summed E-state index contributed by atoms with van der Waals surface area (Å²) in [6.45, 7) is 0.212. The van der Waals surface area contributed by atoms with Gasteiger partial charge < -0.3 is 14.7 Å². The van der Waals surface area contributed by atoms with Crippen molar-refractivity contribution in [2.45, 2.75) is 0 Å². The molecule has 0 spiro atoms. The number of carbonyl (C=O) groups is 1. The molecule has 2 aromatic carbocycles. The van der Waals surface area contributed by atoms with Crippen LogP contribution in [0.15, 0.2) is 54.3 Å². The molecule has 1 aliphatic rings. The Bertz CT molecular complexity index is 753. The van der Waals surface area contributed by atoms with Crippen molar-refractivity contribution in [2.75, 3.05) is 13.6 Å². The van der Waals surface area contributed by atoms with Crippen molar-refractivity contribution in [2.24, 2.45) is 0 Å². The number of aliphatic hydroxyl groups is 1. The molecular weight excluding hydrogens is 302 g/mol. The van der Waals surface area contributed by atoms with Crippen molar-refractivity contribution in [1.29, 1.82) is 0 Å². The first-order chi connectivity index (χ1) is 10.6. The molecule has 0 aliphatic carbocycles. The smallest absolute Gasteiger partial charge is 0.258 e. The molecule has 2 aromatic rings. The summed E-state index contributed by atoms with van der Waals surface area (Å²) in [5, 5.41) is 10.7. The third-order valence-corrected chi connectivity index (χ3v) is 3.69. The van der Waals surface area contributed by atoms with Crippen LogP contribution in [-0.4, -0.2) is 29.5 Å². The zero-order valence-corrected chi connectivity index (χ0v) is 12.7. The lowest BCUT2D eigenvalue weighted by Gasteiger charge is -2.12. The molecule has 1 N–H and O–H groups in total. The van der Waals surface area contributed by atoms with Crippen LogP contribution in [0.2, 0.25) is 5.02 Å². The Labute approximate surface area is 133 Å². The number of halogens is 1. The van der Waals surface area contributed by atoms with Gasteiger partial charge in [0.15, 0.2) is 0 Å². The van der Waals surface area contributed by atoms with Gasteiger partial charge in [0.1, 0.15) is 17.3 Å². The largest absolute Gasteiger partial charge is 0.510 e. The highest BCUT2D eigenvalue weighted by atomic mass is 35.5. The Morgan fingerprint density at radius 2 is 1.82 bits per heavy atom. The van der Waals surface area contributed by atoms with Gasteiger partial charge in [0.25, 0.3) is 5.91 Å². The molecule has 1 amide bonds. The predicted molar refractivity (Wildman–Crippen MR) is 85.2 cm³/mol. The molecule has 5 heteroatoms. The zero-order valence-electron chi connectivity index (χ0n) is 11.9. The third-order valence-electron chi connectivity index (χ3n) is 3.43. The molecule has 0 saturated carbocycles. The molecule has 112 valence electrons. The normalized spacial score (nSPS) is 14.6. The van der Waals surface area contributed by atoms with Crippen LogP contribution in [0.5, 0.6) is 11.5 Å². The minimum Gasteiger partial charge on any atom is -0.510 e. The van der Waals surface area contributed by atoms with E-state index < -0.39 is 0 Å². The number of hydrogen-bond donors (Lipinski definition) is 1. The van der Waals surface area contributed by atoms with Gasteiger partial charge in [0.05, 0.1) is 12.1 Å². The first-order valence-corrected chi connectivity index (χ1v) is 7.14. The monoisotopic (exact) mass is 315 g/mol. The predicted octanol–water partition coefficient (Wildman–Crippen LogP) is 3.87. The Kier molecular flexibility index (Phi) is 3.77. The number of amides is 1. The van der Waals surface area contributed by atoms with E-state index in [1.54, 1.807) is 49.5 Å². The average molecular weight is 316 g/mol. The fraction of sp³-hybridized carbons (Fsp3) is 0.118. The third kappa shape index (κ3) is 2.65. The molecule has 0 saturated heterocycles. The van der Waals surface area contributed by atoms with Gasteiger partial charge in [-0.05, 0) is 30.3 Å². The number of rotatable bonds is 3. The van der Waals surface area contributed by atoms with E-state index in [9.17, 15) is 9.90 Å². The molecule has 0 unspecified atom stereocenters. The van der Waals surface area contributed by atoms with E-state index in [2.05, 4.69) is 0 Å². The lowest BCUT2D eigenvalue weighted by molar-refractivity contribution is -0.122. The number of para-hydroxylation sites is 1. The average Bonchev–Trinajstić information content (AvgIpc) is 2.75. The summed E-state index contributed by atoms with van der Waals surface area (Å²) in [6.07, 6.45) is 0. The van der Waals surface area contributed by atoms with Crippen LogP contribution in [0.25, 0.3) is 5.57 Å². The summed E-state index contributed by atoms with van der Waals surface area (Å²) >= 11 is 5.86. The Hall–Kier alpha value is -2.46. The van der Waals surface area contributed by atoms with Gasteiger partial charge in [-0.1, -0.05) is 29.8 Å². The highest BCUT2D eigenvalue weighted by molar-refractivity contribution is 6.30. The minimum absolute atomic E-state index is 0.0552. The molecule has 22 heavy (non-hydrogen) atoms.